The molecule has 1 aliphatic carbocycles. The maximum absolute atomic E-state index is 11.8. The normalized spacial score (nSPS) is 26.4. The summed E-state index contributed by atoms with van der Waals surface area (Å²) in [6, 6.07) is 10.6. The van der Waals surface area contributed by atoms with Gasteiger partial charge in [0.15, 0.2) is 0 Å². The molecule has 1 aromatic rings. The predicted octanol–water partition coefficient (Wildman–Crippen LogP) is 4.72. The summed E-state index contributed by atoms with van der Waals surface area (Å²) in [6.45, 7) is 8.70. The predicted molar refractivity (Wildman–Crippen MR) is 86.1 cm³/mol. The first kappa shape index (κ1) is 16.1. The minimum Gasteiger partial charge on any atom is -0.462 e. The third kappa shape index (κ3) is 3.66. The van der Waals surface area contributed by atoms with Crippen LogP contribution in [0.15, 0.2) is 30.3 Å². The molecule has 2 nitrogen and oxygen atoms in total. The molecule has 2 unspecified atom stereocenters. The Bertz CT molecular complexity index is 464. The van der Waals surface area contributed by atoms with Crippen molar-refractivity contribution in [3.63, 3.8) is 0 Å². The molecule has 0 spiro atoms. The number of rotatable bonds is 4. The molecule has 2 heteroatoms. The fourth-order valence-corrected chi connectivity index (χ4v) is 3.62. The van der Waals surface area contributed by atoms with Crippen molar-refractivity contribution in [3.05, 3.63) is 35.9 Å². The van der Waals surface area contributed by atoms with E-state index in [1.54, 1.807) is 0 Å². The summed E-state index contributed by atoms with van der Waals surface area (Å²) in [7, 11) is 0. The van der Waals surface area contributed by atoms with Gasteiger partial charge < -0.3 is 4.74 Å². The van der Waals surface area contributed by atoms with Gasteiger partial charge in [-0.2, -0.15) is 0 Å². The van der Waals surface area contributed by atoms with E-state index in [1.165, 1.54) is 12.0 Å². The Morgan fingerprint density at radius 2 is 1.90 bits per heavy atom. The number of benzene rings is 1. The zero-order chi connectivity index (χ0) is 15.5. The van der Waals surface area contributed by atoms with Gasteiger partial charge in [0, 0.05) is 12.3 Å². The Morgan fingerprint density at radius 3 is 2.52 bits per heavy atom. The maximum atomic E-state index is 11.8. The Kier molecular flexibility index (Phi) is 5.08. The molecule has 0 bridgehead atoms. The Hall–Kier alpha value is -1.31. The molecule has 0 aliphatic heterocycles. The van der Waals surface area contributed by atoms with Crippen LogP contribution in [0.3, 0.4) is 0 Å². The quantitative estimate of drug-likeness (QED) is 0.749. The van der Waals surface area contributed by atoms with Crippen molar-refractivity contribution in [2.45, 2.75) is 64.9 Å². The molecule has 1 saturated carbocycles. The van der Waals surface area contributed by atoms with Crippen molar-refractivity contribution >= 4 is 5.97 Å². The SMILES string of the molecule is CCC(=O)O[C@H]1CC(C)CCC1C(C)(C)c1ccccc1. The lowest BCUT2D eigenvalue weighted by atomic mass is 9.64. The molecule has 2 rings (SSSR count). The first-order valence-electron chi connectivity index (χ1n) is 8.20. The highest BCUT2D eigenvalue weighted by Gasteiger charge is 2.41. The van der Waals surface area contributed by atoms with E-state index in [4.69, 9.17) is 4.74 Å². The number of esters is 1. The lowest BCUT2D eigenvalue weighted by Crippen LogP contribution is -2.43. The van der Waals surface area contributed by atoms with E-state index in [0.717, 1.165) is 12.8 Å². The molecule has 21 heavy (non-hydrogen) atoms. The number of ether oxygens (including phenoxy) is 1. The van der Waals surface area contributed by atoms with Gasteiger partial charge in [0.2, 0.25) is 0 Å². The molecule has 0 heterocycles. The summed E-state index contributed by atoms with van der Waals surface area (Å²) < 4.78 is 5.79. The van der Waals surface area contributed by atoms with Gasteiger partial charge in [-0.3, -0.25) is 4.79 Å². The molecular weight excluding hydrogens is 260 g/mol. The summed E-state index contributed by atoms with van der Waals surface area (Å²) in [5.41, 5.74) is 1.36. The molecule has 1 fully saturated rings. The lowest BCUT2D eigenvalue weighted by molar-refractivity contribution is -0.156. The van der Waals surface area contributed by atoms with E-state index in [-0.39, 0.29) is 17.5 Å². The highest BCUT2D eigenvalue weighted by molar-refractivity contribution is 5.69. The second-order valence-electron chi connectivity index (χ2n) is 6.99. The number of hydrogen-bond acceptors (Lipinski definition) is 2. The minimum atomic E-state index is -0.0667. The molecule has 0 amide bonds. The second kappa shape index (κ2) is 6.64. The van der Waals surface area contributed by atoms with Gasteiger partial charge in [0.25, 0.3) is 0 Å². The molecular formula is C19H28O2. The molecule has 3 atom stereocenters. The van der Waals surface area contributed by atoms with Crippen molar-refractivity contribution in [1.29, 1.82) is 0 Å². The molecule has 0 radical (unpaired) electrons. The minimum absolute atomic E-state index is 0.0279. The molecule has 0 N–H and O–H groups in total. The smallest absolute Gasteiger partial charge is 0.305 e. The van der Waals surface area contributed by atoms with Crippen LogP contribution < -0.4 is 0 Å². The number of carbonyl (C=O) groups excluding carboxylic acids is 1. The third-order valence-electron chi connectivity index (χ3n) is 5.07. The fraction of sp³-hybridized carbons (Fsp3) is 0.632. The standard InChI is InChI=1S/C19H28O2/c1-5-18(20)21-17-13-14(2)11-12-16(17)19(3,4)15-9-7-6-8-10-15/h6-10,14,16-17H,5,11-13H2,1-4H3/t14?,16?,17-/m0/s1. The summed E-state index contributed by atoms with van der Waals surface area (Å²) in [6.07, 6.45) is 3.86. The van der Waals surface area contributed by atoms with E-state index in [2.05, 4.69) is 51.1 Å². The second-order valence-corrected chi connectivity index (χ2v) is 6.99. The highest BCUT2D eigenvalue weighted by Crippen LogP contribution is 2.43. The van der Waals surface area contributed by atoms with E-state index in [1.807, 2.05) is 6.92 Å². The van der Waals surface area contributed by atoms with Crippen molar-refractivity contribution in [2.24, 2.45) is 11.8 Å². The first-order valence-corrected chi connectivity index (χ1v) is 8.20. The summed E-state index contributed by atoms with van der Waals surface area (Å²) >= 11 is 0. The summed E-state index contributed by atoms with van der Waals surface area (Å²) in [4.78, 5) is 11.8. The van der Waals surface area contributed by atoms with Crippen LogP contribution in [0, 0.1) is 11.8 Å². The zero-order valence-electron chi connectivity index (χ0n) is 13.8. The van der Waals surface area contributed by atoms with Gasteiger partial charge in [-0.15, -0.1) is 0 Å². The highest BCUT2D eigenvalue weighted by atomic mass is 16.5. The molecule has 0 saturated heterocycles. The largest absolute Gasteiger partial charge is 0.462 e. The molecule has 1 aliphatic rings. The van der Waals surface area contributed by atoms with Crippen LogP contribution >= 0.6 is 0 Å². The average molecular weight is 288 g/mol. The topological polar surface area (TPSA) is 26.3 Å². The van der Waals surface area contributed by atoms with Gasteiger partial charge in [-0.25, -0.2) is 0 Å². The number of carbonyl (C=O) groups is 1. The third-order valence-corrected chi connectivity index (χ3v) is 5.07. The Morgan fingerprint density at radius 1 is 1.24 bits per heavy atom. The van der Waals surface area contributed by atoms with Crippen LogP contribution in [0.25, 0.3) is 0 Å². The average Bonchev–Trinajstić information content (AvgIpc) is 2.48. The number of hydrogen-bond donors (Lipinski definition) is 0. The maximum Gasteiger partial charge on any atom is 0.305 e. The van der Waals surface area contributed by atoms with E-state index in [9.17, 15) is 4.79 Å². The lowest BCUT2D eigenvalue weighted by Gasteiger charge is -2.44. The van der Waals surface area contributed by atoms with Crippen molar-refractivity contribution in [3.8, 4) is 0 Å². The summed E-state index contributed by atoms with van der Waals surface area (Å²) in [5.74, 6) is 0.969. The monoisotopic (exact) mass is 288 g/mol. The molecule has 1 aromatic carbocycles. The molecule has 0 aromatic heterocycles. The van der Waals surface area contributed by atoms with E-state index < -0.39 is 0 Å². The fourth-order valence-electron chi connectivity index (χ4n) is 3.62. The van der Waals surface area contributed by atoms with Crippen LogP contribution in [0.5, 0.6) is 0 Å². The zero-order valence-corrected chi connectivity index (χ0v) is 13.8. The van der Waals surface area contributed by atoms with Gasteiger partial charge in [-0.05, 0) is 29.7 Å². The van der Waals surface area contributed by atoms with Crippen LogP contribution in [0.1, 0.15) is 58.9 Å². The van der Waals surface area contributed by atoms with Crippen LogP contribution in [0.2, 0.25) is 0 Å². The van der Waals surface area contributed by atoms with Gasteiger partial charge >= 0.3 is 5.97 Å². The van der Waals surface area contributed by atoms with E-state index >= 15 is 0 Å². The van der Waals surface area contributed by atoms with Crippen LogP contribution in [-0.2, 0) is 14.9 Å². The van der Waals surface area contributed by atoms with Crippen molar-refractivity contribution < 1.29 is 9.53 Å². The van der Waals surface area contributed by atoms with Crippen LogP contribution in [0.4, 0.5) is 0 Å². The van der Waals surface area contributed by atoms with Crippen molar-refractivity contribution in [2.75, 3.05) is 0 Å². The van der Waals surface area contributed by atoms with Crippen molar-refractivity contribution in [1.82, 2.24) is 0 Å². The van der Waals surface area contributed by atoms with Crippen LogP contribution in [-0.4, -0.2) is 12.1 Å². The van der Waals surface area contributed by atoms with Gasteiger partial charge in [-0.1, -0.05) is 64.4 Å². The van der Waals surface area contributed by atoms with Gasteiger partial charge in [0.05, 0.1) is 0 Å². The molecule has 116 valence electrons. The Labute approximate surface area is 128 Å². The van der Waals surface area contributed by atoms with Gasteiger partial charge in [0.1, 0.15) is 6.10 Å². The first-order chi connectivity index (χ1) is 9.95. The van der Waals surface area contributed by atoms with E-state index in [0.29, 0.717) is 18.3 Å². The summed E-state index contributed by atoms with van der Waals surface area (Å²) in [5, 5.41) is 0. The Balaban J connectivity index is 2.23.